The van der Waals surface area contributed by atoms with E-state index in [-0.39, 0.29) is 11.6 Å². The van der Waals surface area contributed by atoms with Crippen LogP contribution in [-0.2, 0) is 4.79 Å². The largest absolute Gasteiger partial charge is 0.311 e. The van der Waals surface area contributed by atoms with Crippen LogP contribution < -0.4 is 4.90 Å². The summed E-state index contributed by atoms with van der Waals surface area (Å²) in [5.41, 5.74) is 1.04. The monoisotopic (exact) mass is 360 g/mol. The number of nitro benzene ring substituents is 1. The fraction of sp³-hybridized carbons (Fsp3) is 0.235. The third-order valence-electron chi connectivity index (χ3n) is 3.65. The second-order valence-electron chi connectivity index (χ2n) is 5.25. The molecule has 2 aromatic carbocycles. The van der Waals surface area contributed by atoms with E-state index in [9.17, 15) is 14.9 Å². The number of carbonyl (C=O) groups excluding carboxylic acids is 1. The minimum Gasteiger partial charge on any atom is -0.311 e. The summed E-state index contributed by atoms with van der Waals surface area (Å²) in [7, 11) is 0. The van der Waals surface area contributed by atoms with Gasteiger partial charge in [0, 0.05) is 28.5 Å². The first-order chi connectivity index (χ1) is 11.6. The van der Waals surface area contributed by atoms with Crippen molar-refractivity contribution in [2.75, 3.05) is 23.0 Å². The maximum absolute atomic E-state index is 12.6. The molecule has 0 saturated carbocycles. The second kappa shape index (κ2) is 7.72. The van der Waals surface area contributed by atoms with Gasteiger partial charge >= 0.3 is 0 Å². The summed E-state index contributed by atoms with van der Waals surface area (Å²) < 4.78 is 0. The van der Waals surface area contributed by atoms with E-state index in [1.165, 1.54) is 23.9 Å². The van der Waals surface area contributed by atoms with Crippen molar-refractivity contribution in [3.63, 3.8) is 0 Å². The molecule has 7 heteroatoms. The summed E-state index contributed by atoms with van der Waals surface area (Å²) in [4.78, 5) is 26.7. The second-order valence-corrected chi connectivity index (χ2v) is 7.44. The Labute approximate surface area is 148 Å². The normalized spacial score (nSPS) is 13.9. The Balaban J connectivity index is 1.67. The molecule has 5 nitrogen and oxygen atoms in total. The first-order valence-electron chi connectivity index (χ1n) is 7.54. The van der Waals surface area contributed by atoms with Gasteiger partial charge in [-0.05, 0) is 36.4 Å². The molecule has 124 valence electrons. The van der Waals surface area contributed by atoms with Gasteiger partial charge in [-0.25, -0.2) is 0 Å². The Morgan fingerprint density at radius 2 is 1.96 bits per heavy atom. The molecule has 1 aliphatic rings. The first-order valence-corrected chi connectivity index (χ1v) is 9.52. The van der Waals surface area contributed by atoms with Crippen molar-refractivity contribution >= 4 is 40.8 Å². The highest BCUT2D eigenvalue weighted by atomic mass is 32.2. The van der Waals surface area contributed by atoms with Crippen molar-refractivity contribution in [1.82, 2.24) is 0 Å². The number of nitrogens with zero attached hydrogens (tertiary/aromatic N) is 2. The van der Waals surface area contributed by atoms with Crippen LogP contribution in [0.5, 0.6) is 0 Å². The minimum absolute atomic E-state index is 0.0594. The van der Waals surface area contributed by atoms with Gasteiger partial charge in [-0.3, -0.25) is 14.9 Å². The smallest absolute Gasteiger partial charge is 0.269 e. The van der Waals surface area contributed by atoms with E-state index in [2.05, 4.69) is 6.07 Å². The molecule has 0 unspecified atom stereocenters. The van der Waals surface area contributed by atoms with Gasteiger partial charge in [0.05, 0.1) is 16.4 Å². The summed E-state index contributed by atoms with van der Waals surface area (Å²) in [5.74, 6) is 1.39. The van der Waals surface area contributed by atoms with E-state index in [4.69, 9.17) is 0 Å². The van der Waals surface area contributed by atoms with Crippen LogP contribution >= 0.6 is 23.5 Å². The zero-order valence-electron chi connectivity index (χ0n) is 12.9. The van der Waals surface area contributed by atoms with Crippen molar-refractivity contribution < 1.29 is 9.72 Å². The number of para-hydroxylation sites is 1. The molecule has 0 bridgehead atoms. The van der Waals surface area contributed by atoms with Crippen LogP contribution in [0.4, 0.5) is 11.4 Å². The van der Waals surface area contributed by atoms with E-state index >= 15 is 0 Å². The van der Waals surface area contributed by atoms with Crippen molar-refractivity contribution in [2.24, 2.45) is 0 Å². The van der Waals surface area contributed by atoms with Gasteiger partial charge in [-0.15, -0.1) is 23.5 Å². The number of rotatable bonds is 4. The van der Waals surface area contributed by atoms with Crippen molar-refractivity contribution in [2.45, 2.75) is 16.2 Å². The predicted octanol–water partition coefficient (Wildman–Crippen LogP) is 4.22. The number of anilines is 1. The topological polar surface area (TPSA) is 63.4 Å². The van der Waals surface area contributed by atoms with Crippen molar-refractivity contribution in [3.8, 4) is 0 Å². The molecule has 0 fully saturated rings. The van der Waals surface area contributed by atoms with Gasteiger partial charge in [-0.2, -0.15) is 0 Å². The average Bonchev–Trinajstić information content (AvgIpc) is 2.82. The van der Waals surface area contributed by atoms with Gasteiger partial charge in [0.2, 0.25) is 5.91 Å². The molecule has 0 aromatic heterocycles. The number of hydrogen-bond donors (Lipinski definition) is 0. The van der Waals surface area contributed by atoms with Crippen LogP contribution in [0.25, 0.3) is 0 Å². The Bertz CT molecular complexity index is 750. The quantitative estimate of drug-likeness (QED) is 0.464. The van der Waals surface area contributed by atoms with Gasteiger partial charge in [0.25, 0.3) is 5.69 Å². The molecule has 1 amide bonds. The maximum atomic E-state index is 12.6. The maximum Gasteiger partial charge on any atom is 0.269 e. The van der Waals surface area contributed by atoms with E-state index in [1.807, 2.05) is 23.1 Å². The van der Waals surface area contributed by atoms with E-state index in [0.29, 0.717) is 5.75 Å². The molecule has 0 saturated heterocycles. The Kier molecular flexibility index (Phi) is 5.42. The number of amides is 1. The predicted molar refractivity (Wildman–Crippen MR) is 98.0 cm³/mol. The minimum atomic E-state index is -0.425. The van der Waals surface area contributed by atoms with Crippen LogP contribution in [-0.4, -0.2) is 28.9 Å². The lowest BCUT2D eigenvalue weighted by Gasteiger charge is -2.22. The number of carbonyl (C=O) groups is 1. The highest BCUT2D eigenvalue weighted by molar-refractivity contribution is 8.00. The molecule has 0 spiro atoms. The highest BCUT2D eigenvalue weighted by Crippen LogP contribution is 2.34. The Morgan fingerprint density at radius 3 is 2.71 bits per heavy atom. The van der Waals surface area contributed by atoms with Crippen LogP contribution in [0.15, 0.2) is 58.3 Å². The standard InChI is InChI=1S/C17H16N2O3S2/c20-17(12-24-14-8-6-13(7-9-14)19(21)22)18-10-3-11-23-16-5-2-1-4-15(16)18/h1-2,4-9H,3,10-12H2. The summed E-state index contributed by atoms with van der Waals surface area (Å²) in [6.07, 6.45) is 0.966. The molecule has 3 rings (SSSR count). The van der Waals surface area contributed by atoms with Crippen LogP contribution in [0.1, 0.15) is 6.42 Å². The van der Waals surface area contributed by atoms with Gasteiger partial charge < -0.3 is 4.90 Å². The number of fused-ring (bicyclic) bond motifs is 1. The van der Waals surface area contributed by atoms with Gasteiger partial charge in [-0.1, -0.05) is 12.1 Å². The molecule has 0 N–H and O–H groups in total. The highest BCUT2D eigenvalue weighted by Gasteiger charge is 2.21. The summed E-state index contributed by atoms with van der Waals surface area (Å²) in [6.45, 7) is 0.726. The third kappa shape index (κ3) is 3.91. The molecule has 2 aromatic rings. The molecule has 0 aliphatic carbocycles. The van der Waals surface area contributed by atoms with E-state index in [1.54, 1.807) is 23.9 Å². The number of hydrogen-bond acceptors (Lipinski definition) is 5. The fourth-order valence-electron chi connectivity index (χ4n) is 2.47. The van der Waals surface area contributed by atoms with E-state index in [0.717, 1.165) is 34.2 Å². The lowest BCUT2D eigenvalue weighted by atomic mass is 10.2. The molecule has 0 atom stereocenters. The first kappa shape index (κ1) is 16.9. The van der Waals surface area contributed by atoms with Gasteiger partial charge in [0.15, 0.2) is 0 Å². The fourth-order valence-corrected chi connectivity index (χ4v) is 4.24. The van der Waals surface area contributed by atoms with Gasteiger partial charge in [0.1, 0.15) is 0 Å². The zero-order valence-corrected chi connectivity index (χ0v) is 14.5. The van der Waals surface area contributed by atoms with Crippen molar-refractivity contribution in [3.05, 3.63) is 58.6 Å². The lowest BCUT2D eigenvalue weighted by molar-refractivity contribution is -0.384. The summed E-state index contributed by atoms with van der Waals surface area (Å²) in [5, 5.41) is 10.7. The Morgan fingerprint density at radius 1 is 1.21 bits per heavy atom. The van der Waals surface area contributed by atoms with Crippen molar-refractivity contribution in [1.29, 1.82) is 0 Å². The van der Waals surface area contributed by atoms with Crippen LogP contribution in [0.2, 0.25) is 0 Å². The van der Waals surface area contributed by atoms with Crippen LogP contribution in [0.3, 0.4) is 0 Å². The number of nitro groups is 1. The molecule has 1 heterocycles. The SMILES string of the molecule is O=C(CSc1ccc([N+](=O)[O-])cc1)N1CCCSc2ccccc21. The Hall–Kier alpha value is -1.99. The molecule has 0 radical (unpaired) electrons. The zero-order chi connectivity index (χ0) is 16.9. The molecule has 24 heavy (non-hydrogen) atoms. The van der Waals surface area contributed by atoms with Crippen LogP contribution in [0, 0.1) is 10.1 Å². The molecular formula is C17H16N2O3S2. The average molecular weight is 360 g/mol. The number of benzene rings is 2. The number of thioether (sulfide) groups is 2. The summed E-state index contributed by atoms with van der Waals surface area (Å²) >= 11 is 3.19. The molecular weight excluding hydrogens is 344 g/mol. The summed E-state index contributed by atoms with van der Waals surface area (Å²) in [6, 6.07) is 14.3. The molecule has 1 aliphatic heterocycles. The lowest BCUT2D eigenvalue weighted by Crippen LogP contribution is -2.33. The number of non-ortho nitro benzene ring substituents is 1. The third-order valence-corrected chi connectivity index (χ3v) is 5.80. The van der Waals surface area contributed by atoms with E-state index < -0.39 is 4.92 Å².